The van der Waals surface area contributed by atoms with Crippen LogP contribution in [-0.2, 0) is 0 Å². The van der Waals surface area contributed by atoms with Crippen molar-refractivity contribution in [3.63, 3.8) is 0 Å². The minimum atomic E-state index is -1.33. The number of aromatic nitrogens is 3. The maximum atomic E-state index is 8.78. The highest BCUT2D eigenvalue weighted by Gasteiger charge is 1.65. The van der Waals surface area contributed by atoms with Crippen LogP contribution in [0.4, 0.5) is 4.79 Å². The van der Waals surface area contributed by atoms with Crippen LogP contribution in [0, 0.1) is 0 Å². The van der Waals surface area contributed by atoms with Crippen molar-refractivity contribution in [2.75, 3.05) is 0 Å². The molecule has 0 saturated carbocycles. The Balaban J connectivity index is 0.000000180. The van der Waals surface area contributed by atoms with E-state index in [0.717, 1.165) is 0 Å². The van der Waals surface area contributed by atoms with E-state index in [-0.39, 0.29) is 0 Å². The molecule has 6 heteroatoms. The molecule has 1 heterocycles. The molecule has 0 aliphatic heterocycles. The zero-order valence-corrected chi connectivity index (χ0v) is 5.01. The van der Waals surface area contributed by atoms with Gasteiger partial charge in [-0.2, -0.15) is 0 Å². The molecule has 10 heavy (non-hydrogen) atoms. The second-order valence-corrected chi connectivity index (χ2v) is 1.13. The lowest BCUT2D eigenvalue weighted by atomic mass is 11.1. The molecule has 0 aliphatic carbocycles. The van der Waals surface area contributed by atoms with Gasteiger partial charge >= 0.3 is 6.09 Å². The van der Waals surface area contributed by atoms with Gasteiger partial charge in [0.05, 0.1) is 0 Å². The van der Waals surface area contributed by atoms with E-state index >= 15 is 0 Å². The van der Waals surface area contributed by atoms with E-state index in [1.165, 1.54) is 19.0 Å². The van der Waals surface area contributed by atoms with E-state index < -0.39 is 6.09 Å². The molecule has 0 unspecified atom stereocenters. The van der Waals surface area contributed by atoms with Crippen molar-refractivity contribution < 1.29 is 9.90 Å². The van der Waals surface area contributed by atoms with E-state index in [1.807, 2.05) is 0 Å². The predicted octanol–water partition coefficient (Wildman–Crippen LogP) is -0.505. The average Bonchev–Trinajstić information content (AvgIpc) is 1.90. The van der Waals surface area contributed by atoms with E-state index in [2.05, 4.69) is 20.7 Å². The molecular formula is C4H6N4O2. The molecule has 1 aromatic heterocycles. The molecular weight excluding hydrogens is 136 g/mol. The largest absolute Gasteiger partial charge is 0.465 e. The lowest BCUT2D eigenvalue weighted by Crippen LogP contribution is -2.03. The van der Waals surface area contributed by atoms with Gasteiger partial charge in [0.15, 0.2) is 0 Å². The molecule has 1 aromatic rings. The quantitative estimate of drug-likeness (QED) is 0.508. The van der Waals surface area contributed by atoms with Crippen LogP contribution >= 0.6 is 0 Å². The molecule has 0 fully saturated rings. The summed E-state index contributed by atoms with van der Waals surface area (Å²) in [5.74, 6) is 0. The van der Waals surface area contributed by atoms with E-state index in [4.69, 9.17) is 9.90 Å². The second kappa shape index (κ2) is 5.42. The van der Waals surface area contributed by atoms with Crippen LogP contribution in [0.2, 0.25) is 0 Å². The Hall–Kier alpha value is -1.72. The molecule has 0 atom stereocenters. The average molecular weight is 142 g/mol. The van der Waals surface area contributed by atoms with Crippen molar-refractivity contribution in [3.05, 3.63) is 19.0 Å². The Morgan fingerprint density at radius 3 is 1.50 bits per heavy atom. The first-order valence-corrected chi connectivity index (χ1v) is 2.27. The van der Waals surface area contributed by atoms with Crippen LogP contribution in [0.15, 0.2) is 19.0 Å². The van der Waals surface area contributed by atoms with Crippen molar-refractivity contribution in [1.29, 1.82) is 0 Å². The fourth-order valence-electron chi connectivity index (χ4n) is 0.205. The summed E-state index contributed by atoms with van der Waals surface area (Å²) in [5.41, 5.74) is 4.03. The first kappa shape index (κ1) is 8.28. The Morgan fingerprint density at radius 2 is 1.40 bits per heavy atom. The summed E-state index contributed by atoms with van der Waals surface area (Å²) >= 11 is 0. The van der Waals surface area contributed by atoms with Gasteiger partial charge in [0, 0.05) is 0 Å². The molecule has 1 amide bonds. The summed E-state index contributed by atoms with van der Waals surface area (Å²) in [4.78, 5) is 19.5. The highest BCUT2D eigenvalue weighted by Crippen LogP contribution is 1.57. The number of carboxylic acid groups (broad SMARTS) is 1. The third-order valence-electron chi connectivity index (χ3n) is 0.400. The van der Waals surface area contributed by atoms with Gasteiger partial charge in [-0.25, -0.2) is 19.7 Å². The SMILES string of the molecule is NC(=O)O.c1ncncn1. The summed E-state index contributed by atoms with van der Waals surface area (Å²) in [5, 5.41) is 7.19. The summed E-state index contributed by atoms with van der Waals surface area (Å²) in [6.45, 7) is 0. The predicted molar refractivity (Wildman–Crippen MR) is 32.0 cm³/mol. The first-order valence-electron chi connectivity index (χ1n) is 2.27. The normalized spacial score (nSPS) is 7.20. The highest BCUT2D eigenvalue weighted by molar-refractivity contribution is 5.61. The van der Waals surface area contributed by atoms with Crippen LogP contribution in [0.25, 0.3) is 0 Å². The van der Waals surface area contributed by atoms with Crippen molar-refractivity contribution in [2.45, 2.75) is 0 Å². The lowest BCUT2D eigenvalue weighted by molar-refractivity contribution is 0.205. The number of primary amides is 1. The summed E-state index contributed by atoms with van der Waals surface area (Å²) < 4.78 is 0. The van der Waals surface area contributed by atoms with Crippen molar-refractivity contribution in [1.82, 2.24) is 15.0 Å². The zero-order chi connectivity index (χ0) is 7.82. The fraction of sp³-hybridized carbons (Fsp3) is 0. The topological polar surface area (TPSA) is 102 Å². The molecule has 0 bridgehead atoms. The maximum Gasteiger partial charge on any atom is 0.402 e. The summed E-state index contributed by atoms with van der Waals surface area (Å²) in [6.07, 6.45) is 2.98. The van der Waals surface area contributed by atoms with Gasteiger partial charge in [0.25, 0.3) is 0 Å². The number of nitrogens with zero attached hydrogens (tertiary/aromatic N) is 3. The van der Waals surface area contributed by atoms with Gasteiger partial charge in [-0.15, -0.1) is 0 Å². The summed E-state index contributed by atoms with van der Waals surface area (Å²) in [7, 11) is 0. The highest BCUT2D eigenvalue weighted by atomic mass is 16.4. The minimum Gasteiger partial charge on any atom is -0.465 e. The van der Waals surface area contributed by atoms with E-state index in [0.29, 0.717) is 0 Å². The van der Waals surface area contributed by atoms with Gasteiger partial charge in [-0.05, 0) is 0 Å². The van der Waals surface area contributed by atoms with Crippen molar-refractivity contribution in [3.8, 4) is 0 Å². The number of nitrogens with two attached hydrogens (primary N) is 1. The maximum absolute atomic E-state index is 8.78. The molecule has 6 nitrogen and oxygen atoms in total. The first-order chi connectivity index (χ1) is 4.73. The lowest BCUT2D eigenvalue weighted by Gasteiger charge is -1.69. The molecule has 0 aliphatic rings. The smallest absolute Gasteiger partial charge is 0.402 e. The molecule has 3 N–H and O–H groups in total. The fourth-order valence-corrected chi connectivity index (χ4v) is 0.205. The number of rotatable bonds is 0. The molecule has 0 saturated heterocycles. The molecule has 0 spiro atoms. The molecule has 0 radical (unpaired) electrons. The van der Waals surface area contributed by atoms with E-state index in [1.54, 1.807) is 0 Å². The number of hydrogen-bond acceptors (Lipinski definition) is 4. The van der Waals surface area contributed by atoms with Gasteiger partial charge < -0.3 is 10.8 Å². The standard InChI is InChI=1S/C3H3N3.CH3NO2/c1-4-2-6-3-5-1;2-1(3)4/h1-3H;2H2,(H,3,4). The third-order valence-corrected chi connectivity index (χ3v) is 0.400. The van der Waals surface area contributed by atoms with Crippen LogP contribution in [0.1, 0.15) is 0 Å². The zero-order valence-electron chi connectivity index (χ0n) is 5.01. The van der Waals surface area contributed by atoms with Crippen LogP contribution in [-0.4, -0.2) is 26.2 Å². The van der Waals surface area contributed by atoms with Crippen molar-refractivity contribution in [2.24, 2.45) is 5.73 Å². The van der Waals surface area contributed by atoms with Gasteiger partial charge in [-0.1, -0.05) is 0 Å². The number of hydrogen-bond donors (Lipinski definition) is 2. The minimum absolute atomic E-state index is 1.33. The van der Waals surface area contributed by atoms with Crippen molar-refractivity contribution >= 4 is 6.09 Å². The van der Waals surface area contributed by atoms with Crippen LogP contribution in [0.5, 0.6) is 0 Å². The van der Waals surface area contributed by atoms with E-state index in [9.17, 15) is 0 Å². The second-order valence-electron chi connectivity index (χ2n) is 1.13. The number of carbonyl (C=O) groups is 1. The number of amides is 1. The Bertz CT molecular complexity index is 147. The van der Waals surface area contributed by atoms with Crippen LogP contribution < -0.4 is 5.73 Å². The Labute approximate surface area is 56.8 Å². The van der Waals surface area contributed by atoms with Gasteiger partial charge in [0.1, 0.15) is 19.0 Å². The van der Waals surface area contributed by atoms with Gasteiger partial charge in [-0.3, -0.25) is 0 Å². The molecule has 54 valence electrons. The Kier molecular flexibility index (Phi) is 4.49. The van der Waals surface area contributed by atoms with Crippen LogP contribution in [0.3, 0.4) is 0 Å². The third kappa shape index (κ3) is 9.56. The summed E-state index contributed by atoms with van der Waals surface area (Å²) in [6, 6.07) is 0. The van der Waals surface area contributed by atoms with Gasteiger partial charge in [0.2, 0.25) is 0 Å². The monoisotopic (exact) mass is 142 g/mol. The Morgan fingerprint density at radius 1 is 1.20 bits per heavy atom. The molecule has 1 rings (SSSR count). The molecule has 0 aromatic carbocycles.